The molecule has 0 bridgehead atoms. The molecule has 1 aliphatic rings. The highest BCUT2D eigenvalue weighted by Crippen LogP contribution is 2.34. The largest absolute Gasteiger partial charge is 0.480 e. The van der Waals surface area contributed by atoms with Crippen molar-refractivity contribution in [3.63, 3.8) is 0 Å². The second-order valence-electron chi connectivity index (χ2n) is 5.12. The van der Waals surface area contributed by atoms with Gasteiger partial charge in [0.2, 0.25) is 0 Å². The molecule has 0 spiro atoms. The number of para-hydroxylation sites is 1. The molecule has 1 unspecified atom stereocenters. The van der Waals surface area contributed by atoms with E-state index in [2.05, 4.69) is 17.2 Å². The van der Waals surface area contributed by atoms with Crippen LogP contribution in [0.15, 0.2) is 29.2 Å². The number of nitrogens with one attached hydrogen (secondary N) is 2. The van der Waals surface area contributed by atoms with Crippen molar-refractivity contribution in [2.45, 2.75) is 29.4 Å². The standard InChI is InChI=1S/C16H20N2O4S.ClH/c1-2-3-12-22-13-6-4-5-7-14(13)23(21)16(15(19)18-20)8-10-17-11-9-16;/h4-7,17,20H,8-12H2,1H3,(H,18,19);1H. The molecule has 8 heteroatoms. The van der Waals surface area contributed by atoms with E-state index in [1.807, 2.05) is 0 Å². The Kier molecular flexibility index (Phi) is 8.22. The quantitative estimate of drug-likeness (QED) is 0.411. The van der Waals surface area contributed by atoms with Gasteiger partial charge >= 0.3 is 0 Å². The van der Waals surface area contributed by atoms with Crippen molar-refractivity contribution in [1.29, 1.82) is 0 Å². The summed E-state index contributed by atoms with van der Waals surface area (Å²) in [5.41, 5.74) is 1.68. The van der Waals surface area contributed by atoms with Crippen LogP contribution in [0, 0.1) is 11.8 Å². The average molecular weight is 373 g/mol. The maximum atomic E-state index is 13.2. The molecular formula is C16H21ClN2O4S. The smallest absolute Gasteiger partial charge is 0.262 e. The Morgan fingerprint density at radius 2 is 2.08 bits per heavy atom. The lowest BCUT2D eigenvalue weighted by atomic mass is 9.96. The van der Waals surface area contributed by atoms with Gasteiger partial charge < -0.3 is 10.1 Å². The summed E-state index contributed by atoms with van der Waals surface area (Å²) >= 11 is 0. The zero-order valence-corrected chi connectivity index (χ0v) is 15.0. The normalized spacial score (nSPS) is 16.8. The van der Waals surface area contributed by atoms with Gasteiger partial charge in [-0.2, -0.15) is 0 Å². The highest BCUT2D eigenvalue weighted by atomic mass is 35.5. The van der Waals surface area contributed by atoms with E-state index in [9.17, 15) is 9.00 Å². The fourth-order valence-corrected chi connectivity index (χ4v) is 4.27. The molecule has 132 valence electrons. The molecule has 2 rings (SSSR count). The van der Waals surface area contributed by atoms with Crippen molar-refractivity contribution < 1.29 is 18.9 Å². The first-order chi connectivity index (χ1) is 11.2. The first-order valence-electron chi connectivity index (χ1n) is 7.34. The minimum absolute atomic E-state index is 0. The number of hydrogen-bond acceptors (Lipinski definition) is 5. The van der Waals surface area contributed by atoms with Gasteiger partial charge in [-0.1, -0.05) is 18.1 Å². The molecule has 1 fully saturated rings. The van der Waals surface area contributed by atoms with Crippen LogP contribution in [0.25, 0.3) is 0 Å². The topological polar surface area (TPSA) is 87.7 Å². The number of benzene rings is 1. The summed E-state index contributed by atoms with van der Waals surface area (Å²) in [4.78, 5) is 12.7. The van der Waals surface area contributed by atoms with E-state index in [0.717, 1.165) is 0 Å². The van der Waals surface area contributed by atoms with Gasteiger partial charge in [-0.05, 0) is 45.0 Å². The van der Waals surface area contributed by atoms with Gasteiger partial charge in [0.25, 0.3) is 5.91 Å². The second-order valence-corrected chi connectivity index (χ2v) is 6.87. The minimum Gasteiger partial charge on any atom is -0.480 e. The van der Waals surface area contributed by atoms with Crippen molar-refractivity contribution in [3.05, 3.63) is 24.3 Å². The van der Waals surface area contributed by atoms with E-state index in [1.54, 1.807) is 36.7 Å². The predicted octanol–water partition coefficient (Wildman–Crippen LogP) is 1.25. The number of carbonyl (C=O) groups excluding carboxylic acids is 1. The van der Waals surface area contributed by atoms with E-state index >= 15 is 0 Å². The van der Waals surface area contributed by atoms with Crippen molar-refractivity contribution in [2.75, 3.05) is 19.7 Å². The molecule has 24 heavy (non-hydrogen) atoms. The number of carbonyl (C=O) groups is 1. The summed E-state index contributed by atoms with van der Waals surface area (Å²) in [6, 6.07) is 6.91. The van der Waals surface area contributed by atoms with Crippen LogP contribution in [-0.4, -0.2) is 39.8 Å². The molecule has 1 aromatic rings. The van der Waals surface area contributed by atoms with E-state index in [-0.39, 0.29) is 19.0 Å². The number of rotatable bonds is 5. The Labute approximate surface area is 150 Å². The first-order valence-corrected chi connectivity index (χ1v) is 8.49. The lowest BCUT2D eigenvalue weighted by molar-refractivity contribution is -0.132. The molecule has 0 aliphatic carbocycles. The molecule has 6 nitrogen and oxygen atoms in total. The van der Waals surface area contributed by atoms with E-state index < -0.39 is 21.5 Å². The average Bonchev–Trinajstić information content (AvgIpc) is 2.61. The zero-order valence-electron chi connectivity index (χ0n) is 13.3. The molecule has 0 aromatic heterocycles. The Morgan fingerprint density at radius 1 is 1.42 bits per heavy atom. The monoisotopic (exact) mass is 372 g/mol. The van der Waals surface area contributed by atoms with Gasteiger partial charge in [0.1, 0.15) is 17.1 Å². The molecule has 1 atom stereocenters. The lowest BCUT2D eigenvalue weighted by Gasteiger charge is -2.34. The Balaban J connectivity index is 0.00000288. The van der Waals surface area contributed by atoms with Crippen LogP contribution in [0.5, 0.6) is 5.75 Å². The highest BCUT2D eigenvalue weighted by molar-refractivity contribution is 7.87. The van der Waals surface area contributed by atoms with Gasteiger partial charge in [0, 0.05) is 0 Å². The summed E-state index contributed by atoms with van der Waals surface area (Å²) < 4.78 is 17.6. The molecule has 1 aromatic carbocycles. The predicted molar refractivity (Wildman–Crippen MR) is 93.8 cm³/mol. The third kappa shape index (κ3) is 4.28. The highest BCUT2D eigenvalue weighted by Gasteiger charge is 2.46. The molecular weight excluding hydrogens is 352 g/mol. The number of hydrogen-bond donors (Lipinski definition) is 3. The molecule has 3 N–H and O–H groups in total. The fourth-order valence-electron chi connectivity index (χ4n) is 2.55. The zero-order chi connectivity index (χ0) is 16.7. The third-order valence-corrected chi connectivity index (χ3v) is 5.85. The van der Waals surface area contributed by atoms with Gasteiger partial charge in [0.15, 0.2) is 0 Å². The van der Waals surface area contributed by atoms with E-state index in [4.69, 9.17) is 9.94 Å². The maximum absolute atomic E-state index is 13.2. The number of halogens is 1. The van der Waals surface area contributed by atoms with Crippen LogP contribution in [0.4, 0.5) is 0 Å². The number of ether oxygens (including phenoxy) is 1. The van der Waals surface area contributed by atoms with Crippen molar-refractivity contribution in [3.8, 4) is 17.6 Å². The fraction of sp³-hybridized carbons (Fsp3) is 0.438. The molecule has 1 saturated heterocycles. The summed E-state index contributed by atoms with van der Waals surface area (Å²) in [5, 5.41) is 12.2. The molecule has 1 aliphatic heterocycles. The Hall–Kier alpha value is -1.59. The summed E-state index contributed by atoms with van der Waals surface area (Å²) in [6.07, 6.45) is 0.740. The Bertz CT molecular complexity index is 651. The molecule has 1 heterocycles. The van der Waals surface area contributed by atoms with Gasteiger partial charge in [-0.25, -0.2) is 5.48 Å². The van der Waals surface area contributed by atoms with E-state index in [0.29, 0.717) is 36.6 Å². The van der Waals surface area contributed by atoms with Crippen LogP contribution >= 0.6 is 12.4 Å². The molecule has 1 amide bonds. The maximum Gasteiger partial charge on any atom is 0.262 e. The number of amides is 1. The number of piperidine rings is 1. The van der Waals surface area contributed by atoms with Crippen LogP contribution in [0.1, 0.15) is 19.8 Å². The van der Waals surface area contributed by atoms with Crippen LogP contribution < -0.4 is 15.5 Å². The van der Waals surface area contributed by atoms with Gasteiger partial charge in [0.05, 0.1) is 15.7 Å². The van der Waals surface area contributed by atoms with Gasteiger partial charge in [-0.3, -0.25) is 14.2 Å². The summed E-state index contributed by atoms with van der Waals surface area (Å²) in [5.74, 6) is 5.33. The van der Waals surface area contributed by atoms with Crippen LogP contribution in [0.3, 0.4) is 0 Å². The van der Waals surface area contributed by atoms with Crippen molar-refractivity contribution in [1.82, 2.24) is 10.8 Å². The third-order valence-electron chi connectivity index (χ3n) is 3.81. The molecule has 0 radical (unpaired) electrons. The second kappa shape index (κ2) is 9.64. The lowest BCUT2D eigenvalue weighted by Crippen LogP contribution is -2.55. The van der Waals surface area contributed by atoms with Crippen LogP contribution in [0.2, 0.25) is 0 Å². The van der Waals surface area contributed by atoms with Crippen molar-refractivity contribution >= 4 is 29.1 Å². The Morgan fingerprint density at radius 3 is 2.71 bits per heavy atom. The number of hydroxylamine groups is 1. The summed E-state index contributed by atoms with van der Waals surface area (Å²) in [7, 11) is -1.66. The summed E-state index contributed by atoms with van der Waals surface area (Å²) in [6.45, 7) is 3.02. The first kappa shape index (κ1) is 20.5. The van der Waals surface area contributed by atoms with Crippen molar-refractivity contribution in [2.24, 2.45) is 0 Å². The SMILES string of the molecule is CC#CCOc1ccccc1S(=O)C1(C(=O)NO)CCNCC1.Cl. The minimum atomic E-state index is -1.66. The van der Waals surface area contributed by atoms with Gasteiger partial charge in [-0.15, -0.1) is 18.3 Å². The van der Waals surface area contributed by atoms with Crippen LogP contribution in [-0.2, 0) is 15.6 Å². The van der Waals surface area contributed by atoms with E-state index in [1.165, 1.54) is 0 Å². The molecule has 0 saturated carbocycles.